The highest BCUT2D eigenvalue weighted by atomic mass is 16.2. The minimum absolute atomic E-state index is 0.261. The van der Waals surface area contributed by atoms with E-state index >= 15 is 0 Å². The Morgan fingerprint density at radius 2 is 2.16 bits per heavy atom. The van der Waals surface area contributed by atoms with E-state index in [2.05, 4.69) is 31.3 Å². The quantitative estimate of drug-likeness (QED) is 0.844. The summed E-state index contributed by atoms with van der Waals surface area (Å²) in [6, 6.07) is 8.55. The van der Waals surface area contributed by atoms with Crippen molar-refractivity contribution >= 4 is 11.6 Å². The molecule has 3 nitrogen and oxygen atoms in total. The molecule has 19 heavy (non-hydrogen) atoms. The number of carbonyl (C=O) groups is 1. The van der Waals surface area contributed by atoms with E-state index in [1.807, 2.05) is 17.0 Å². The second kappa shape index (κ2) is 6.71. The van der Waals surface area contributed by atoms with Crippen molar-refractivity contribution in [3.05, 3.63) is 29.8 Å². The van der Waals surface area contributed by atoms with Crippen molar-refractivity contribution in [3.8, 4) is 0 Å². The fraction of sp³-hybridized carbons (Fsp3) is 0.562. The van der Waals surface area contributed by atoms with Crippen LogP contribution in [0.15, 0.2) is 24.3 Å². The monoisotopic (exact) mass is 260 g/mol. The fourth-order valence-electron chi connectivity index (χ4n) is 2.54. The van der Waals surface area contributed by atoms with Gasteiger partial charge in [0.15, 0.2) is 0 Å². The van der Waals surface area contributed by atoms with Gasteiger partial charge in [0.05, 0.1) is 0 Å². The van der Waals surface area contributed by atoms with Gasteiger partial charge >= 0.3 is 0 Å². The Balaban J connectivity index is 2.15. The number of rotatable bonds is 4. The molecule has 1 atom stereocenters. The number of carbonyl (C=O) groups excluding carboxylic acids is 1. The van der Waals surface area contributed by atoms with Crippen LogP contribution in [-0.2, 0) is 11.3 Å². The minimum atomic E-state index is 0.261. The lowest BCUT2D eigenvalue weighted by molar-refractivity contribution is -0.118. The summed E-state index contributed by atoms with van der Waals surface area (Å²) in [6.07, 6.45) is 3.95. The number of anilines is 1. The molecule has 1 aromatic rings. The van der Waals surface area contributed by atoms with Crippen molar-refractivity contribution < 1.29 is 4.79 Å². The molecule has 3 heteroatoms. The van der Waals surface area contributed by atoms with Gasteiger partial charge in [-0.2, -0.15) is 0 Å². The van der Waals surface area contributed by atoms with Gasteiger partial charge in [0.25, 0.3) is 0 Å². The number of hydrogen-bond acceptors (Lipinski definition) is 2. The number of unbranched alkanes of at least 4 members (excludes halogenated alkanes) is 2. The molecule has 1 N–H and O–H groups in total. The summed E-state index contributed by atoms with van der Waals surface area (Å²) in [5, 5.41) is 3.46. The molecule has 1 aromatic carbocycles. The molecule has 0 saturated heterocycles. The van der Waals surface area contributed by atoms with Crippen molar-refractivity contribution in [1.29, 1.82) is 0 Å². The van der Waals surface area contributed by atoms with Gasteiger partial charge in [0, 0.05) is 31.2 Å². The summed E-state index contributed by atoms with van der Waals surface area (Å²) in [6.45, 7) is 5.91. The molecule has 1 amide bonds. The van der Waals surface area contributed by atoms with Gasteiger partial charge in [-0.3, -0.25) is 4.79 Å². The van der Waals surface area contributed by atoms with Crippen molar-refractivity contribution in [2.45, 2.75) is 52.1 Å². The lowest BCUT2D eigenvalue weighted by Crippen LogP contribution is -2.39. The third-order valence-corrected chi connectivity index (χ3v) is 3.68. The molecule has 0 bridgehead atoms. The summed E-state index contributed by atoms with van der Waals surface area (Å²) in [4.78, 5) is 14.4. The molecule has 1 aliphatic heterocycles. The fourth-order valence-corrected chi connectivity index (χ4v) is 2.54. The van der Waals surface area contributed by atoms with Crippen LogP contribution >= 0.6 is 0 Å². The molecule has 0 radical (unpaired) electrons. The first-order valence-corrected chi connectivity index (χ1v) is 7.34. The van der Waals surface area contributed by atoms with E-state index in [1.54, 1.807) is 0 Å². The second-order valence-electron chi connectivity index (χ2n) is 5.37. The van der Waals surface area contributed by atoms with Gasteiger partial charge in [0.2, 0.25) is 5.91 Å². The maximum Gasteiger partial charge on any atom is 0.227 e. The predicted octanol–water partition coefficient (Wildman–Crippen LogP) is 3.09. The number of fused-ring (bicyclic) bond motifs is 1. The van der Waals surface area contributed by atoms with E-state index in [4.69, 9.17) is 0 Å². The zero-order chi connectivity index (χ0) is 13.7. The van der Waals surface area contributed by atoms with Crippen LogP contribution in [0.3, 0.4) is 0 Å². The highest BCUT2D eigenvalue weighted by molar-refractivity contribution is 5.94. The van der Waals surface area contributed by atoms with Crippen LogP contribution in [0.1, 0.15) is 45.1 Å². The Kier molecular flexibility index (Phi) is 4.97. The van der Waals surface area contributed by atoms with Crippen molar-refractivity contribution in [2.24, 2.45) is 0 Å². The Morgan fingerprint density at radius 3 is 2.95 bits per heavy atom. The van der Waals surface area contributed by atoms with E-state index in [9.17, 15) is 4.79 Å². The van der Waals surface area contributed by atoms with Crippen LogP contribution in [-0.4, -0.2) is 18.5 Å². The molecule has 1 aliphatic rings. The number of hydrogen-bond donors (Lipinski definition) is 1. The average Bonchev–Trinajstić information content (AvgIpc) is 2.59. The van der Waals surface area contributed by atoms with Crippen LogP contribution in [0.4, 0.5) is 5.69 Å². The second-order valence-corrected chi connectivity index (χ2v) is 5.37. The maximum absolute atomic E-state index is 12.4. The molecule has 0 fully saturated rings. The maximum atomic E-state index is 12.4. The standard InChI is InChI=1S/C16H24N2O/c1-3-4-5-10-16(19)18-12-13(2)17-11-14-8-6-7-9-15(14)18/h6-9,13,17H,3-5,10-12H2,1-2H3. The van der Waals surface area contributed by atoms with Crippen molar-refractivity contribution in [3.63, 3.8) is 0 Å². The Hall–Kier alpha value is -1.35. The molecule has 0 spiro atoms. The molecular weight excluding hydrogens is 236 g/mol. The van der Waals surface area contributed by atoms with Gasteiger partial charge in [-0.1, -0.05) is 38.0 Å². The van der Waals surface area contributed by atoms with Gasteiger partial charge < -0.3 is 10.2 Å². The van der Waals surface area contributed by atoms with Crippen LogP contribution in [0.25, 0.3) is 0 Å². The Labute approximate surface area is 116 Å². The van der Waals surface area contributed by atoms with Crippen molar-refractivity contribution in [1.82, 2.24) is 5.32 Å². The number of amides is 1. The third-order valence-electron chi connectivity index (χ3n) is 3.68. The zero-order valence-electron chi connectivity index (χ0n) is 12.0. The molecule has 0 saturated carbocycles. The van der Waals surface area contributed by atoms with Crippen LogP contribution < -0.4 is 10.2 Å². The van der Waals surface area contributed by atoms with Gasteiger partial charge in [-0.15, -0.1) is 0 Å². The normalized spacial score (nSPS) is 18.8. The molecule has 2 rings (SSSR count). The average molecular weight is 260 g/mol. The largest absolute Gasteiger partial charge is 0.311 e. The first kappa shape index (κ1) is 14.1. The van der Waals surface area contributed by atoms with Crippen LogP contribution in [0.5, 0.6) is 0 Å². The highest BCUT2D eigenvalue weighted by Crippen LogP contribution is 2.24. The first-order valence-electron chi connectivity index (χ1n) is 7.34. The Morgan fingerprint density at radius 1 is 1.37 bits per heavy atom. The number of para-hydroxylation sites is 1. The molecular formula is C16H24N2O. The first-order chi connectivity index (χ1) is 9.22. The predicted molar refractivity (Wildman–Crippen MR) is 79.2 cm³/mol. The number of nitrogens with one attached hydrogen (secondary N) is 1. The summed E-state index contributed by atoms with van der Waals surface area (Å²) in [7, 11) is 0. The molecule has 1 heterocycles. The minimum Gasteiger partial charge on any atom is -0.311 e. The SMILES string of the molecule is CCCCCC(=O)N1CC(C)NCc2ccccc21. The third kappa shape index (κ3) is 3.57. The Bertz CT molecular complexity index is 431. The number of nitrogens with zero attached hydrogens (tertiary/aromatic N) is 1. The van der Waals surface area contributed by atoms with Gasteiger partial charge in [0.1, 0.15) is 0 Å². The summed E-state index contributed by atoms with van der Waals surface area (Å²) in [5.74, 6) is 0.261. The molecule has 0 aliphatic carbocycles. The van der Waals surface area contributed by atoms with E-state index in [1.165, 1.54) is 5.56 Å². The molecule has 1 unspecified atom stereocenters. The van der Waals surface area contributed by atoms with Crippen molar-refractivity contribution in [2.75, 3.05) is 11.4 Å². The lowest BCUT2D eigenvalue weighted by atomic mass is 10.1. The number of benzene rings is 1. The van der Waals surface area contributed by atoms with E-state index in [0.717, 1.165) is 38.0 Å². The lowest BCUT2D eigenvalue weighted by Gasteiger charge is -2.24. The molecule has 104 valence electrons. The molecule has 0 aromatic heterocycles. The van der Waals surface area contributed by atoms with E-state index < -0.39 is 0 Å². The van der Waals surface area contributed by atoms with E-state index in [-0.39, 0.29) is 5.91 Å². The topological polar surface area (TPSA) is 32.3 Å². The summed E-state index contributed by atoms with van der Waals surface area (Å²) in [5.41, 5.74) is 2.30. The smallest absolute Gasteiger partial charge is 0.227 e. The van der Waals surface area contributed by atoms with E-state index in [0.29, 0.717) is 12.5 Å². The van der Waals surface area contributed by atoms with Crippen LogP contribution in [0.2, 0.25) is 0 Å². The zero-order valence-corrected chi connectivity index (χ0v) is 12.0. The summed E-state index contributed by atoms with van der Waals surface area (Å²) < 4.78 is 0. The highest BCUT2D eigenvalue weighted by Gasteiger charge is 2.23. The van der Waals surface area contributed by atoms with Gasteiger partial charge in [-0.05, 0) is 25.0 Å². The van der Waals surface area contributed by atoms with Gasteiger partial charge in [-0.25, -0.2) is 0 Å². The van der Waals surface area contributed by atoms with Crippen LogP contribution in [0, 0.1) is 0 Å². The summed E-state index contributed by atoms with van der Waals surface area (Å²) >= 11 is 0.